The molecule has 530 valence electrons. The van der Waals surface area contributed by atoms with E-state index in [1.165, 1.54) is 22.7 Å². The van der Waals surface area contributed by atoms with E-state index >= 15 is 0 Å². The number of carbonyl (C=O) groups is 6. The molecule has 2 aromatic carbocycles. The summed E-state index contributed by atoms with van der Waals surface area (Å²) in [7, 11) is 0. The zero-order chi connectivity index (χ0) is 72.2. The van der Waals surface area contributed by atoms with Crippen LogP contribution in [-0.4, -0.2) is 60.4 Å². The highest BCUT2D eigenvalue weighted by atomic mass is 32.1. The maximum atomic E-state index is 14.1. The largest absolute Gasteiger partial charge is 0.457 e. The third-order valence-corrected chi connectivity index (χ3v) is 22.8. The van der Waals surface area contributed by atoms with Gasteiger partial charge in [0.1, 0.15) is 36.1 Å². The number of esters is 4. The number of allylic oxidation sites excluding steroid dienone is 8. The average Bonchev–Trinajstić information content (AvgIpc) is 1.16. The number of nitrogens with zero attached hydrogens (tertiary/aromatic N) is 5. The number of benzene rings is 2. The Balaban J connectivity index is 0.000000128. The van der Waals surface area contributed by atoms with Crippen molar-refractivity contribution in [3.63, 3.8) is 0 Å². The molecule has 0 spiro atoms. The van der Waals surface area contributed by atoms with Gasteiger partial charge in [0.15, 0.2) is 11.6 Å². The molecule has 0 radical (unpaired) electrons. The fraction of sp³-hybridized carbons (Fsp3) is 0.274. The molecule has 21 heteroatoms. The summed E-state index contributed by atoms with van der Waals surface area (Å²) < 4.78 is 24.6. The molecule has 4 fully saturated rings. The lowest BCUT2D eigenvalue weighted by Gasteiger charge is -2.33. The molecule has 0 bridgehead atoms. The lowest BCUT2D eigenvalue weighted by molar-refractivity contribution is -0.142. The number of thiophene rings is 3. The van der Waals surface area contributed by atoms with Gasteiger partial charge in [-0.15, -0.1) is 34.0 Å². The first-order chi connectivity index (χ1) is 51.3. The number of pyridine rings is 5. The number of ether oxygens (including phenoxy) is 4. The van der Waals surface area contributed by atoms with E-state index in [1.807, 2.05) is 128 Å². The minimum absolute atomic E-state index is 0.0374. The summed E-state index contributed by atoms with van der Waals surface area (Å²) in [4.78, 5) is 104. The molecule has 10 aromatic rings. The number of hydrogen-bond acceptors (Lipinski definition) is 21. The first-order valence-electron chi connectivity index (χ1n) is 35.5. The molecule has 7 aliphatic rings. The number of ketones is 2. The van der Waals surface area contributed by atoms with Crippen LogP contribution in [-0.2, 0) is 74.1 Å². The van der Waals surface area contributed by atoms with Crippen LogP contribution in [0.4, 0.5) is 0 Å². The van der Waals surface area contributed by atoms with Crippen molar-refractivity contribution in [1.29, 1.82) is 0 Å². The van der Waals surface area contributed by atoms with E-state index in [4.69, 9.17) is 18.9 Å². The predicted molar refractivity (Wildman–Crippen MR) is 403 cm³/mol. The Hall–Kier alpha value is -10.9. The number of dihydropyridines is 3. The Morgan fingerprint density at radius 3 is 1.05 bits per heavy atom. The molecule has 3 aliphatic heterocycles. The van der Waals surface area contributed by atoms with E-state index in [1.54, 1.807) is 74.8 Å². The van der Waals surface area contributed by atoms with Crippen LogP contribution in [0.15, 0.2) is 249 Å². The standard InChI is InChI=1S/C32H28N4O4S.2C26H24N2O3S/c37-31(39-16-19-7-12-33-13-8-19)26-25(24-18-41-30-23(24)2-1-11-35-30)27(32(38)40-17-20-9-14-34-15-10-20)29(22-5-6-22)36-28(26)21-3-4-21;1-15-21(16(2)29)22(20-14-32-25-19(20)9-6-12-27-25)23(24(28-15)18-10-11-18)26(30)31-13-17-7-4-3-5-8-17;1-15-22(16(2)29)23(20-14-32-21-6-4-3-5-19(20)21)24(25(28-15)18-7-8-18)26(30)31-13-17-9-11-27-12-10-17/h1-2,7-15,18,21-22,25,36H,3-6,16-17H2;3-9,12,14,18,22,28H,10-11,13H2,1-2H3;3-6,9-12,14,18,23,28H,7-8,13H2,1-2H3. The van der Waals surface area contributed by atoms with Crippen molar-refractivity contribution in [2.45, 2.75) is 123 Å². The Morgan fingerprint density at radius 2 is 0.676 bits per heavy atom. The molecule has 11 heterocycles. The summed E-state index contributed by atoms with van der Waals surface area (Å²) in [6.07, 6.45) is 21.7. The normalized spacial score (nSPS) is 18.2. The number of rotatable bonds is 21. The number of Topliss-reactive ketones (excluding diaryl/α,β-unsaturated/α-hetero) is 2. The first-order valence-corrected chi connectivity index (χ1v) is 38.1. The highest BCUT2D eigenvalue weighted by Crippen LogP contribution is 2.54. The van der Waals surface area contributed by atoms with Crippen molar-refractivity contribution in [3.8, 4) is 0 Å². The second-order valence-electron chi connectivity index (χ2n) is 27.4. The first kappa shape index (κ1) is 69.8. The Labute approximate surface area is 619 Å². The fourth-order valence-corrected chi connectivity index (χ4v) is 17.2. The summed E-state index contributed by atoms with van der Waals surface area (Å²) in [5.74, 6) is -2.18. The lowest BCUT2D eigenvalue weighted by Crippen LogP contribution is -2.35. The van der Waals surface area contributed by atoms with Crippen molar-refractivity contribution in [2.75, 3.05) is 0 Å². The van der Waals surface area contributed by atoms with E-state index in [9.17, 15) is 28.8 Å². The molecular formula is C84H76N8O10S3. The Bertz CT molecular complexity index is 4950. The maximum Gasteiger partial charge on any atom is 0.337 e. The quantitative estimate of drug-likeness (QED) is 0.0447. The molecule has 18 nitrogen and oxygen atoms in total. The van der Waals surface area contributed by atoms with Gasteiger partial charge in [0.2, 0.25) is 0 Å². The van der Waals surface area contributed by atoms with Crippen LogP contribution in [0.5, 0.6) is 0 Å². The van der Waals surface area contributed by atoms with Gasteiger partial charge in [-0.05, 0) is 218 Å². The number of nitrogens with one attached hydrogen (secondary N) is 3. The monoisotopic (exact) mass is 1450 g/mol. The van der Waals surface area contributed by atoms with Gasteiger partial charge in [0.05, 0.1) is 28.2 Å². The van der Waals surface area contributed by atoms with Crippen molar-refractivity contribution in [3.05, 3.63) is 288 Å². The molecule has 4 aliphatic carbocycles. The summed E-state index contributed by atoms with van der Waals surface area (Å²) in [5, 5.41) is 19.5. The molecule has 4 saturated carbocycles. The molecule has 0 amide bonds. The van der Waals surface area contributed by atoms with E-state index in [2.05, 4.69) is 58.4 Å². The smallest absolute Gasteiger partial charge is 0.337 e. The maximum absolute atomic E-state index is 14.1. The second kappa shape index (κ2) is 30.8. The van der Waals surface area contributed by atoms with Crippen LogP contribution < -0.4 is 16.0 Å². The highest BCUT2D eigenvalue weighted by molar-refractivity contribution is 7.17. The minimum Gasteiger partial charge on any atom is -0.457 e. The molecule has 105 heavy (non-hydrogen) atoms. The van der Waals surface area contributed by atoms with Gasteiger partial charge in [-0.2, -0.15) is 0 Å². The summed E-state index contributed by atoms with van der Waals surface area (Å²) in [6.45, 7) is 7.57. The topological polar surface area (TPSA) is 240 Å². The van der Waals surface area contributed by atoms with E-state index < -0.39 is 29.7 Å². The predicted octanol–water partition coefficient (Wildman–Crippen LogP) is 16.1. The summed E-state index contributed by atoms with van der Waals surface area (Å²) in [5.41, 5.74) is 14.9. The fourth-order valence-electron chi connectivity index (χ4n) is 14.4. The van der Waals surface area contributed by atoms with E-state index in [0.717, 1.165) is 155 Å². The number of fused-ring (bicyclic) bond motifs is 3. The van der Waals surface area contributed by atoms with Gasteiger partial charge in [-0.3, -0.25) is 24.5 Å². The van der Waals surface area contributed by atoms with Crippen LogP contribution in [0, 0.1) is 23.7 Å². The van der Waals surface area contributed by atoms with Crippen LogP contribution in [0.1, 0.15) is 136 Å². The van der Waals surface area contributed by atoms with Gasteiger partial charge in [-0.1, -0.05) is 60.7 Å². The minimum atomic E-state index is -0.629. The number of hydrogen-bond donors (Lipinski definition) is 3. The summed E-state index contributed by atoms with van der Waals surface area (Å²) >= 11 is 4.68. The lowest BCUT2D eigenvalue weighted by atomic mass is 9.78. The molecule has 2 atom stereocenters. The van der Waals surface area contributed by atoms with E-state index in [-0.39, 0.29) is 61.8 Å². The van der Waals surface area contributed by atoms with Gasteiger partial charge in [0.25, 0.3) is 0 Å². The van der Waals surface area contributed by atoms with Gasteiger partial charge in [0, 0.05) is 122 Å². The Morgan fingerprint density at radius 1 is 0.362 bits per heavy atom. The zero-order valence-electron chi connectivity index (χ0n) is 58.4. The summed E-state index contributed by atoms with van der Waals surface area (Å²) in [6, 6.07) is 36.5. The molecule has 2 unspecified atom stereocenters. The highest BCUT2D eigenvalue weighted by Gasteiger charge is 2.49. The zero-order valence-corrected chi connectivity index (χ0v) is 60.8. The second-order valence-corrected chi connectivity index (χ2v) is 30.0. The van der Waals surface area contributed by atoms with Crippen molar-refractivity contribution < 1.29 is 47.7 Å². The van der Waals surface area contributed by atoms with Gasteiger partial charge >= 0.3 is 23.9 Å². The molecule has 17 rings (SSSR count). The van der Waals surface area contributed by atoms with Crippen molar-refractivity contribution in [2.24, 2.45) is 23.7 Å². The van der Waals surface area contributed by atoms with Crippen LogP contribution >= 0.6 is 34.0 Å². The third-order valence-electron chi connectivity index (χ3n) is 20.0. The van der Waals surface area contributed by atoms with Gasteiger partial charge < -0.3 is 34.9 Å². The van der Waals surface area contributed by atoms with E-state index in [0.29, 0.717) is 45.3 Å². The molecule has 8 aromatic heterocycles. The SMILES string of the molecule is CC(=O)C1=C(C)NC(C2CC2)=C(C(=O)OCc2ccccc2)C1c1csc2ncccc12.CC(=O)C1=C(C)NC(C2CC2)=C(C(=O)OCc2ccncc2)C1c1csc2ccccc12.O=C(OCc1ccncc1)C1=C(C2CC2)NC(C2CC2)=C(C(=O)OCc2ccncc2)C1c1csc2ncccc12. The average molecular weight is 1450 g/mol. The van der Waals surface area contributed by atoms with Crippen LogP contribution in [0.3, 0.4) is 0 Å². The van der Waals surface area contributed by atoms with Crippen molar-refractivity contribution >= 4 is 100.0 Å². The van der Waals surface area contributed by atoms with Crippen LogP contribution in [0.2, 0.25) is 0 Å². The van der Waals surface area contributed by atoms with Gasteiger partial charge in [-0.25, -0.2) is 29.1 Å². The van der Waals surface area contributed by atoms with Crippen molar-refractivity contribution in [1.82, 2.24) is 40.9 Å². The third kappa shape index (κ3) is 15.3. The number of aromatic nitrogens is 5. The van der Waals surface area contributed by atoms with Crippen LogP contribution in [0.25, 0.3) is 30.5 Å². The molecular weight excluding hydrogens is 1380 g/mol. The number of carbonyl (C=O) groups excluding carboxylic acids is 6. The molecule has 0 saturated heterocycles. The Kier molecular flexibility index (Phi) is 20.5. The molecule has 3 N–H and O–H groups in total.